The first-order valence-electron chi connectivity index (χ1n) is 12.3. The Kier molecular flexibility index (Phi) is 14.0. The number of rotatable bonds is 9. The van der Waals surface area contributed by atoms with Gasteiger partial charge in [0.2, 0.25) is 0 Å². The Bertz CT molecular complexity index is 950. The lowest BCUT2D eigenvalue weighted by Gasteiger charge is -2.12. The van der Waals surface area contributed by atoms with E-state index in [4.69, 9.17) is 16.3 Å². The van der Waals surface area contributed by atoms with Crippen LogP contribution in [0.5, 0.6) is 0 Å². The van der Waals surface area contributed by atoms with Crippen LogP contribution in [0, 0.1) is 0 Å². The molecule has 0 unspecified atom stereocenters. The van der Waals surface area contributed by atoms with Crippen molar-refractivity contribution in [1.29, 1.82) is 0 Å². The Morgan fingerprint density at radius 2 is 1.80 bits per heavy atom. The third kappa shape index (κ3) is 9.88. The zero-order valence-corrected chi connectivity index (χ0v) is 23.0. The van der Waals surface area contributed by atoms with E-state index in [-0.39, 0.29) is 11.9 Å². The Morgan fingerprint density at radius 1 is 1.09 bits per heavy atom. The first kappa shape index (κ1) is 30.4. The quantitative estimate of drug-likeness (QED) is 0.447. The van der Waals surface area contributed by atoms with Gasteiger partial charge in [-0.05, 0) is 55.4 Å². The molecule has 7 nitrogen and oxygen atoms in total. The fraction of sp³-hybridized carbons (Fsp3) is 0.481. The van der Waals surface area contributed by atoms with Gasteiger partial charge in [-0.15, -0.1) is 0 Å². The highest BCUT2D eigenvalue weighted by atomic mass is 35.5. The van der Waals surface area contributed by atoms with Crippen LogP contribution >= 0.6 is 11.6 Å². The van der Waals surface area contributed by atoms with Crippen molar-refractivity contribution in [2.75, 3.05) is 46.2 Å². The van der Waals surface area contributed by atoms with Crippen LogP contribution in [0.25, 0.3) is 0 Å². The summed E-state index contributed by atoms with van der Waals surface area (Å²) in [5, 5.41) is 6.24. The van der Waals surface area contributed by atoms with E-state index in [0.717, 1.165) is 35.2 Å². The van der Waals surface area contributed by atoms with Gasteiger partial charge < -0.3 is 25.2 Å². The molecule has 194 valence electrons. The summed E-state index contributed by atoms with van der Waals surface area (Å²) in [7, 11) is 5.80. The van der Waals surface area contributed by atoms with Crippen molar-refractivity contribution in [2.45, 2.75) is 47.2 Å². The Hall–Kier alpha value is -2.61. The number of nitrogens with zero attached hydrogens (tertiary/aromatic N) is 2. The molecule has 1 aliphatic heterocycles. The van der Waals surface area contributed by atoms with Crippen LogP contribution in [0.15, 0.2) is 36.4 Å². The van der Waals surface area contributed by atoms with Crippen LogP contribution in [0.1, 0.15) is 54.7 Å². The van der Waals surface area contributed by atoms with Gasteiger partial charge in [-0.25, -0.2) is 4.79 Å². The zero-order valence-electron chi connectivity index (χ0n) is 22.2. The second-order valence-electron chi connectivity index (χ2n) is 7.93. The molecule has 0 saturated carbocycles. The molecule has 0 radical (unpaired) electrons. The number of nitrogens with one attached hydrogen (secondary N) is 2. The molecule has 8 heteroatoms. The van der Waals surface area contributed by atoms with E-state index in [0.29, 0.717) is 37.0 Å². The minimum absolute atomic E-state index is 0.0349. The summed E-state index contributed by atoms with van der Waals surface area (Å²) < 4.78 is 5.61. The van der Waals surface area contributed by atoms with E-state index in [9.17, 15) is 9.59 Å². The van der Waals surface area contributed by atoms with Gasteiger partial charge in [0.05, 0.1) is 13.2 Å². The van der Waals surface area contributed by atoms with Crippen molar-refractivity contribution in [3.63, 3.8) is 0 Å². The maximum Gasteiger partial charge on any atom is 0.319 e. The number of likely N-dealkylation sites (N-methyl/N-ethyl adjacent to an activating group) is 1. The summed E-state index contributed by atoms with van der Waals surface area (Å²) in [6.07, 6.45) is 0.717. The molecule has 35 heavy (non-hydrogen) atoms. The first-order chi connectivity index (χ1) is 16.8. The molecule has 0 fully saturated rings. The van der Waals surface area contributed by atoms with Crippen molar-refractivity contribution in [3.8, 4) is 0 Å². The molecule has 0 bridgehead atoms. The number of urea groups is 1. The number of carbonyl (C=O) groups is 2. The number of halogens is 1. The van der Waals surface area contributed by atoms with E-state index < -0.39 is 0 Å². The van der Waals surface area contributed by atoms with Crippen LogP contribution in [0.3, 0.4) is 0 Å². The molecular formula is C27H41ClN4O3. The highest BCUT2D eigenvalue weighted by molar-refractivity contribution is 6.31. The van der Waals surface area contributed by atoms with Gasteiger partial charge in [-0.1, -0.05) is 57.5 Å². The Labute approximate surface area is 215 Å². The van der Waals surface area contributed by atoms with Gasteiger partial charge in [0, 0.05) is 43.0 Å². The number of carbonyl (C=O) groups excluding carboxylic acids is 2. The van der Waals surface area contributed by atoms with Gasteiger partial charge in [0.25, 0.3) is 5.91 Å². The second-order valence-corrected chi connectivity index (χ2v) is 8.34. The largest absolute Gasteiger partial charge is 0.380 e. The van der Waals surface area contributed by atoms with Crippen molar-refractivity contribution < 1.29 is 14.3 Å². The minimum atomic E-state index is -0.315. The number of hydrogen-bond acceptors (Lipinski definition) is 4. The topological polar surface area (TPSA) is 73.9 Å². The van der Waals surface area contributed by atoms with Crippen LogP contribution in [-0.4, -0.2) is 62.6 Å². The Balaban J connectivity index is 0.00000145. The highest BCUT2D eigenvalue weighted by Crippen LogP contribution is 2.23. The monoisotopic (exact) mass is 504 g/mol. The number of anilines is 1. The standard InChI is InChI=1S/C23H29ClN4O3.2C2H6/c1-27(2)9-11-31-10-8-17-5-6-19(13-21(17)24)26-23(30)25-14-16-4-7-20-18(12-16)15-28(3)22(20)29;2*1-2/h4-7,12-13H,8-11,14-15H2,1-3H3,(H2,25,26,30);2*1-2H3. The number of ether oxygens (including phenoxy) is 1. The first-order valence-corrected chi connectivity index (χ1v) is 12.6. The fourth-order valence-corrected chi connectivity index (χ4v) is 3.62. The maximum absolute atomic E-state index is 12.3. The molecule has 1 aliphatic rings. The third-order valence-electron chi connectivity index (χ3n) is 5.12. The minimum Gasteiger partial charge on any atom is -0.380 e. The molecule has 3 amide bonds. The van der Waals surface area contributed by atoms with E-state index in [1.165, 1.54) is 0 Å². The molecule has 1 heterocycles. The van der Waals surface area contributed by atoms with Crippen LogP contribution < -0.4 is 10.6 Å². The predicted octanol–water partition coefficient (Wildman–Crippen LogP) is 5.42. The predicted molar refractivity (Wildman–Crippen MR) is 145 cm³/mol. The fourth-order valence-electron chi connectivity index (χ4n) is 3.35. The molecule has 0 atom stereocenters. The van der Waals surface area contributed by atoms with Gasteiger partial charge in [0.15, 0.2) is 0 Å². The summed E-state index contributed by atoms with van der Waals surface area (Å²) in [5.41, 5.74) is 4.27. The van der Waals surface area contributed by atoms with Gasteiger partial charge >= 0.3 is 6.03 Å². The van der Waals surface area contributed by atoms with Gasteiger partial charge in [0.1, 0.15) is 0 Å². The highest BCUT2D eigenvalue weighted by Gasteiger charge is 2.24. The van der Waals surface area contributed by atoms with Crippen molar-refractivity contribution in [3.05, 3.63) is 63.7 Å². The molecule has 0 aromatic heterocycles. The van der Waals surface area contributed by atoms with Crippen LogP contribution in [0.4, 0.5) is 10.5 Å². The molecule has 2 aromatic carbocycles. The molecule has 3 rings (SSSR count). The number of hydrogen-bond donors (Lipinski definition) is 2. The summed E-state index contributed by atoms with van der Waals surface area (Å²) in [6.45, 7) is 11.1. The third-order valence-corrected chi connectivity index (χ3v) is 5.47. The summed E-state index contributed by atoms with van der Waals surface area (Å²) >= 11 is 6.36. The second kappa shape index (κ2) is 16.1. The van der Waals surface area contributed by atoms with Crippen molar-refractivity contribution in [2.24, 2.45) is 0 Å². The van der Waals surface area contributed by atoms with Gasteiger partial charge in [-0.3, -0.25) is 4.79 Å². The Morgan fingerprint density at radius 3 is 2.46 bits per heavy atom. The smallest absolute Gasteiger partial charge is 0.319 e. The van der Waals surface area contributed by atoms with E-state index >= 15 is 0 Å². The lowest BCUT2D eigenvalue weighted by atomic mass is 10.1. The number of amides is 3. The normalized spacial score (nSPS) is 11.8. The summed E-state index contributed by atoms with van der Waals surface area (Å²) in [6, 6.07) is 10.8. The lowest BCUT2D eigenvalue weighted by Crippen LogP contribution is -2.28. The molecule has 2 N–H and O–H groups in total. The molecule has 0 spiro atoms. The van der Waals surface area contributed by atoms with E-state index in [1.54, 1.807) is 18.0 Å². The lowest BCUT2D eigenvalue weighted by molar-refractivity contribution is 0.0816. The molecule has 0 aliphatic carbocycles. The molecular weight excluding hydrogens is 464 g/mol. The molecule has 0 saturated heterocycles. The van der Waals surface area contributed by atoms with E-state index in [2.05, 4.69) is 15.5 Å². The van der Waals surface area contributed by atoms with E-state index in [1.807, 2.05) is 72.1 Å². The summed E-state index contributed by atoms with van der Waals surface area (Å²) in [4.78, 5) is 28.0. The number of fused-ring (bicyclic) bond motifs is 1. The molecule has 2 aromatic rings. The summed E-state index contributed by atoms with van der Waals surface area (Å²) in [5.74, 6) is 0.0349. The van der Waals surface area contributed by atoms with Crippen LogP contribution in [0.2, 0.25) is 5.02 Å². The number of benzene rings is 2. The van der Waals surface area contributed by atoms with Gasteiger partial charge in [-0.2, -0.15) is 0 Å². The average molecular weight is 505 g/mol. The SMILES string of the molecule is CC.CC.CN(C)CCOCCc1ccc(NC(=O)NCc2ccc3c(c2)CN(C)C3=O)cc1Cl. The average Bonchev–Trinajstić information content (AvgIpc) is 3.13. The maximum atomic E-state index is 12.3. The zero-order chi connectivity index (χ0) is 26.4. The van der Waals surface area contributed by atoms with Crippen LogP contribution in [-0.2, 0) is 24.2 Å². The van der Waals surface area contributed by atoms with Crippen molar-refractivity contribution >= 4 is 29.2 Å². The van der Waals surface area contributed by atoms with Crippen molar-refractivity contribution in [1.82, 2.24) is 15.1 Å².